The number of nitrogens with one attached hydrogen (secondary N) is 3. The first kappa shape index (κ1) is 81.6. The van der Waals surface area contributed by atoms with Gasteiger partial charge in [-0.2, -0.15) is 19.7 Å². The molecule has 0 bridgehead atoms. The second kappa shape index (κ2) is 44.8. The Morgan fingerprint density at radius 3 is 1.53 bits per heavy atom. The highest BCUT2D eigenvalue weighted by molar-refractivity contribution is 7.17. The van der Waals surface area contributed by atoms with Crippen LogP contribution in [-0.4, -0.2) is 79.8 Å². The van der Waals surface area contributed by atoms with Crippen LogP contribution in [0.25, 0.3) is 140 Å². The fourth-order valence-corrected chi connectivity index (χ4v) is 13.7. The average Bonchev–Trinajstić information content (AvgIpc) is 1.88. The molecule has 588 valence electrons. The molecular formula is C99H76N16O3S3. The molecule has 0 aliphatic rings. The Hall–Kier alpha value is -16.0. The van der Waals surface area contributed by atoms with E-state index >= 15 is 0 Å². The first-order valence-electron chi connectivity index (χ1n) is 38.1. The topological polar surface area (TPSA) is 254 Å². The number of H-pyrrole nitrogens is 3. The highest BCUT2D eigenvalue weighted by Crippen LogP contribution is 2.22. The summed E-state index contributed by atoms with van der Waals surface area (Å²) in [5.41, 5.74) is 15.9. The van der Waals surface area contributed by atoms with E-state index < -0.39 is 0 Å². The summed E-state index contributed by atoms with van der Waals surface area (Å²) in [4.78, 5) is 38.7. The highest BCUT2D eigenvalue weighted by atomic mass is 32.1. The second-order valence-electron chi connectivity index (χ2n) is 25.6. The SMILES string of the molecule is c1ccc2[nH]ccc2c1.c1ccc2[nH]cnc2c1.c1ccc2[nH]ncc2c1.c1ccc2ncccc2c1.c1ccc2nccnc2c1.c1ccc2ncncc2c1.c1ccc2nnccc2c1.c1ccc2occc2c1.c1ccc2ocnc2c1.c1ccc2oncc2c1.c1ccc2sccc2c1.c1ccc2scnc2c1.c1ccc2sncc2c1. The lowest BCUT2D eigenvalue weighted by Crippen LogP contribution is -1.79. The molecule has 121 heavy (non-hydrogen) atoms. The number of para-hydroxylation sites is 13. The van der Waals surface area contributed by atoms with Crippen molar-refractivity contribution < 1.29 is 13.4 Å². The van der Waals surface area contributed by atoms with Crippen LogP contribution < -0.4 is 0 Å². The largest absolute Gasteiger partial charge is 0.464 e. The number of oxazole rings is 1. The minimum atomic E-state index is 0.845. The molecule has 13 aromatic carbocycles. The first-order chi connectivity index (χ1) is 60.1. The Bertz CT molecular complexity index is 5680. The molecule has 13 aromatic heterocycles. The number of pyridine rings is 1. The van der Waals surface area contributed by atoms with E-state index in [1.54, 1.807) is 66.4 Å². The van der Waals surface area contributed by atoms with Crippen LogP contribution in [0.4, 0.5) is 0 Å². The molecule has 0 unspecified atom stereocenters. The number of thiazole rings is 1. The van der Waals surface area contributed by atoms with E-state index in [0.717, 1.165) is 98.8 Å². The van der Waals surface area contributed by atoms with Gasteiger partial charge in [0, 0.05) is 85.1 Å². The summed E-state index contributed by atoms with van der Waals surface area (Å²) < 4.78 is 22.9. The van der Waals surface area contributed by atoms with Gasteiger partial charge in [0.15, 0.2) is 17.6 Å². The summed E-state index contributed by atoms with van der Waals surface area (Å²) in [6, 6.07) is 116. The van der Waals surface area contributed by atoms with Crippen LogP contribution in [-0.2, 0) is 0 Å². The lowest BCUT2D eigenvalue weighted by molar-refractivity contribution is 0.456. The van der Waals surface area contributed by atoms with E-state index in [2.05, 4.69) is 164 Å². The maximum atomic E-state index is 5.12. The molecule has 26 aromatic rings. The quantitative estimate of drug-likeness (QED) is 0.128. The number of thiophene rings is 1. The Balaban J connectivity index is 0.000000107. The molecular weight excluding hydrogens is 1560 g/mol. The Morgan fingerprint density at radius 2 is 0.851 bits per heavy atom. The smallest absolute Gasteiger partial charge is 0.181 e. The van der Waals surface area contributed by atoms with Crippen molar-refractivity contribution in [2.75, 3.05) is 0 Å². The van der Waals surface area contributed by atoms with Crippen LogP contribution in [0.15, 0.2) is 457 Å². The van der Waals surface area contributed by atoms with Crippen molar-refractivity contribution in [1.82, 2.24) is 79.8 Å². The van der Waals surface area contributed by atoms with Crippen LogP contribution in [0.3, 0.4) is 0 Å². The van der Waals surface area contributed by atoms with Crippen molar-refractivity contribution in [2.24, 2.45) is 0 Å². The Kier molecular flexibility index (Phi) is 30.2. The minimum Gasteiger partial charge on any atom is -0.464 e. The molecule has 19 nitrogen and oxygen atoms in total. The van der Waals surface area contributed by atoms with Crippen LogP contribution >= 0.6 is 34.2 Å². The van der Waals surface area contributed by atoms with Crippen LogP contribution in [0.1, 0.15) is 0 Å². The number of aromatic nitrogens is 16. The first-order valence-corrected chi connectivity index (χ1v) is 40.6. The van der Waals surface area contributed by atoms with Crippen LogP contribution in [0.2, 0.25) is 0 Å². The number of aromatic amines is 3. The molecule has 0 saturated heterocycles. The lowest BCUT2D eigenvalue weighted by Gasteiger charge is -1.91. The van der Waals surface area contributed by atoms with Crippen molar-refractivity contribution in [1.29, 1.82) is 0 Å². The maximum Gasteiger partial charge on any atom is 0.181 e. The molecule has 0 atom stereocenters. The standard InChI is InChI=1S/C9H7N.3C8H6N2.C8H7N.C8H6O.C8H6S.2C7H6N2.2C7H5NO.2C7H5NS/c1-2-6-9-8(4-1)5-3-7-10-9;1-2-4-8-7(3-1)5-9-6-10-8;1-2-4-8-7(3-1)9-5-6-10-8;1-2-4-8-7(3-1)5-6-9-10-8;3*1-2-4-8-7(3-1)5-6-9-8;1-2-4-7-6(3-1)8-5-9-7;1-2-4-7-6(3-1)5-8-9-7;1-2-4-7-6(3-1)8-5-9-7;1-2-4-7-6(3-1)5-8-9-7;1-2-4-7-6(3-1)8-5-9-7;1-2-4-7-6(3-1)5-8-9-7/h1-7H;3*1-6H;1-6,9H;2*1-6H;2*1-5H,(H,8,9);4*1-5H. The third-order valence-corrected chi connectivity index (χ3v) is 20.1. The summed E-state index contributed by atoms with van der Waals surface area (Å²) in [6.45, 7) is 0. The van der Waals surface area contributed by atoms with E-state index in [-0.39, 0.29) is 0 Å². The van der Waals surface area contributed by atoms with Crippen molar-refractivity contribution in [3.63, 3.8) is 0 Å². The molecule has 0 fully saturated rings. The van der Waals surface area contributed by atoms with Crippen molar-refractivity contribution >= 4 is 174 Å². The zero-order valence-corrected chi connectivity index (χ0v) is 67.4. The van der Waals surface area contributed by atoms with Gasteiger partial charge in [0.2, 0.25) is 0 Å². The number of nitrogens with zero attached hydrogens (tertiary/aromatic N) is 13. The predicted octanol–water partition coefficient (Wildman–Crippen LogP) is 26.0. The van der Waals surface area contributed by atoms with E-state index in [1.165, 1.54) is 59.1 Å². The highest BCUT2D eigenvalue weighted by Gasteiger charge is 1.99. The van der Waals surface area contributed by atoms with Gasteiger partial charge in [0.25, 0.3) is 0 Å². The van der Waals surface area contributed by atoms with Gasteiger partial charge >= 0.3 is 0 Å². The van der Waals surface area contributed by atoms with Crippen molar-refractivity contribution in [2.45, 2.75) is 0 Å². The Labute approximate surface area is 706 Å². The van der Waals surface area contributed by atoms with Crippen LogP contribution in [0, 0.1) is 0 Å². The van der Waals surface area contributed by atoms with E-state index in [9.17, 15) is 0 Å². The minimum absolute atomic E-state index is 0.845. The summed E-state index contributed by atoms with van der Waals surface area (Å²) >= 11 is 5.00. The van der Waals surface area contributed by atoms with Gasteiger partial charge in [-0.1, -0.05) is 217 Å². The lowest BCUT2D eigenvalue weighted by atomic mass is 10.2. The number of rotatable bonds is 0. The van der Waals surface area contributed by atoms with Gasteiger partial charge in [-0.25, -0.2) is 24.9 Å². The molecule has 0 aliphatic carbocycles. The Morgan fingerprint density at radius 1 is 0.289 bits per heavy atom. The summed E-state index contributed by atoms with van der Waals surface area (Å²) in [6.07, 6.45) is 22.5. The van der Waals surface area contributed by atoms with Gasteiger partial charge in [-0.3, -0.25) is 20.1 Å². The molecule has 0 saturated carbocycles. The molecule has 26 rings (SSSR count). The third kappa shape index (κ3) is 24.8. The molecule has 0 radical (unpaired) electrons. The number of fused-ring (bicyclic) bond motifs is 13. The predicted molar refractivity (Wildman–Crippen MR) is 496 cm³/mol. The number of furan rings is 1. The zero-order chi connectivity index (χ0) is 82.2. The summed E-state index contributed by atoms with van der Waals surface area (Å²) in [5.74, 6) is 0. The van der Waals surface area contributed by atoms with Gasteiger partial charge in [0.05, 0.1) is 95.7 Å². The fourth-order valence-electron chi connectivity index (χ4n) is 11.6. The van der Waals surface area contributed by atoms with Gasteiger partial charge < -0.3 is 23.3 Å². The molecule has 0 spiro atoms. The number of benzene rings is 13. The summed E-state index contributed by atoms with van der Waals surface area (Å²) in [7, 11) is 0. The van der Waals surface area contributed by atoms with Gasteiger partial charge in [-0.05, 0) is 167 Å². The second-order valence-corrected chi connectivity index (χ2v) is 28.3. The molecule has 0 aliphatic heterocycles. The average molecular weight is 1630 g/mol. The monoisotopic (exact) mass is 1630 g/mol. The van der Waals surface area contributed by atoms with Crippen molar-refractivity contribution in [3.05, 3.63) is 444 Å². The summed E-state index contributed by atoms with van der Waals surface area (Å²) in [5, 5.41) is 30.9. The molecule has 22 heteroatoms. The van der Waals surface area contributed by atoms with Gasteiger partial charge in [0.1, 0.15) is 17.4 Å². The van der Waals surface area contributed by atoms with Gasteiger partial charge in [-0.15, -0.1) is 22.7 Å². The number of hydrogen-bond donors (Lipinski definition) is 3. The third-order valence-electron chi connectivity index (χ3n) is 17.6. The fraction of sp³-hybridized carbons (Fsp3) is 0. The van der Waals surface area contributed by atoms with Crippen LogP contribution in [0.5, 0.6) is 0 Å². The van der Waals surface area contributed by atoms with E-state index in [1.807, 2.05) is 309 Å². The van der Waals surface area contributed by atoms with E-state index in [4.69, 9.17) is 13.4 Å². The number of hydrogen-bond acceptors (Lipinski definition) is 19. The normalized spacial score (nSPS) is 10.1. The van der Waals surface area contributed by atoms with E-state index in [0.29, 0.717) is 0 Å². The molecule has 13 heterocycles. The zero-order valence-electron chi connectivity index (χ0n) is 64.9. The number of imidazole rings is 1. The molecule has 3 N–H and O–H groups in total. The molecule has 0 amide bonds. The maximum absolute atomic E-state index is 5.12. The van der Waals surface area contributed by atoms with Crippen molar-refractivity contribution in [3.8, 4) is 0 Å².